The zero-order valence-electron chi connectivity index (χ0n) is 29.7. The number of aromatic nitrogens is 3. The smallest absolute Gasteiger partial charge is 0.166 e. The molecule has 0 saturated carbocycles. The number of ether oxygens (including phenoxy) is 1. The molecule has 2 aromatic heterocycles. The molecule has 3 heterocycles. The number of nitrogens with zero attached hydrogens (tertiary/aromatic N) is 3. The lowest BCUT2D eigenvalue weighted by molar-refractivity contribution is 0.225. The fourth-order valence-corrected chi connectivity index (χ4v) is 2.93. The number of aryl methyl sites for hydroxylation is 1. The summed E-state index contributed by atoms with van der Waals surface area (Å²) < 4.78 is 135. The maximum atomic E-state index is 15.0. The molecule has 0 aliphatic carbocycles. The van der Waals surface area contributed by atoms with Crippen molar-refractivity contribution >= 4 is 5.82 Å². The van der Waals surface area contributed by atoms with Crippen LogP contribution in [0.5, 0.6) is 5.75 Å². The number of piperidine rings is 1. The van der Waals surface area contributed by atoms with Crippen LogP contribution >= 0.6 is 0 Å². The highest BCUT2D eigenvalue weighted by atomic mass is 19.1. The molecule has 0 bridgehead atoms. The van der Waals surface area contributed by atoms with E-state index in [1.54, 1.807) is 0 Å². The second-order valence-corrected chi connectivity index (χ2v) is 6.47. The predicted molar refractivity (Wildman–Crippen MR) is 116 cm³/mol. The molecule has 1 aromatic carbocycles. The van der Waals surface area contributed by atoms with Gasteiger partial charge in [0.2, 0.25) is 0 Å². The lowest BCUT2D eigenvalue weighted by Crippen LogP contribution is -2.29. The molecule has 0 unspecified atom stereocenters. The Hall–Kier alpha value is -2.93. The molecule has 1 saturated heterocycles. The first-order valence-electron chi connectivity index (χ1n) is 15.9. The Bertz CT molecular complexity index is 1530. The van der Waals surface area contributed by atoms with Gasteiger partial charge in [-0.05, 0) is 69.7 Å². The van der Waals surface area contributed by atoms with E-state index in [2.05, 4.69) is 15.4 Å². The summed E-state index contributed by atoms with van der Waals surface area (Å²) in [6.07, 6.45) is -3.54. The molecule has 4 rings (SSSR count). The summed E-state index contributed by atoms with van der Waals surface area (Å²) in [5, 5.41) is 6.66. The van der Waals surface area contributed by atoms with Crippen molar-refractivity contribution in [3.8, 4) is 16.9 Å². The van der Waals surface area contributed by atoms with Crippen LogP contribution in [-0.4, -0.2) is 27.9 Å². The minimum Gasteiger partial charge on any atom is -0.482 e. The van der Waals surface area contributed by atoms with Crippen molar-refractivity contribution in [1.82, 2.24) is 20.1 Å². The lowest BCUT2D eigenvalue weighted by atomic mass is 9.98. The van der Waals surface area contributed by atoms with Crippen LogP contribution in [0.2, 0.25) is 0 Å². The van der Waals surface area contributed by atoms with E-state index >= 15 is 0 Å². The van der Waals surface area contributed by atoms with Gasteiger partial charge in [-0.2, -0.15) is 5.10 Å². The van der Waals surface area contributed by atoms with Crippen molar-refractivity contribution in [3.63, 3.8) is 0 Å². The molecular formula is C23H28FN5O. The van der Waals surface area contributed by atoms with Crippen LogP contribution in [0.25, 0.3) is 11.1 Å². The highest BCUT2D eigenvalue weighted by Crippen LogP contribution is 2.33. The minimum absolute atomic E-state index is 0.134. The molecule has 1 aliphatic rings. The first-order chi connectivity index (χ1) is 19.9. The average Bonchev–Trinajstić information content (AvgIpc) is 3.34. The van der Waals surface area contributed by atoms with E-state index in [0.29, 0.717) is 6.07 Å². The summed E-state index contributed by atoms with van der Waals surface area (Å²) in [5.41, 5.74) is 3.46. The fraction of sp³-hybridized carbons (Fsp3) is 0.391. The molecule has 30 heavy (non-hydrogen) atoms. The number of benzene rings is 1. The molecule has 0 spiro atoms. The summed E-state index contributed by atoms with van der Waals surface area (Å²) in [7, 11) is 0. The van der Waals surface area contributed by atoms with Crippen LogP contribution in [0.1, 0.15) is 67.6 Å². The van der Waals surface area contributed by atoms with Gasteiger partial charge >= 0.3 is 0 Å². The number of hydrogen-bond acceptors (Lipinski definition) is 5. The third-order valence-corrected chi connectivity index (χ3v) is 4.49. The Morgan fingerprint density at radius 1 is 1.33 bits per heavy atom. The average molecular weight is 424 g/mol. The van der Waals surface area contributed by atoms with E-state index in [1.807, 2.05) is 0 Å². The van der Waals surface area contributed by atoms with Crippen LogP contribution in [-0.2, 0) is 0 Å². The van der Waals surface area contributed by atoms with E-state index in [4.69, 9.17) is 29.7 Å². The number of pyridine rings is 1. The zero-order chi connectivity index (χ0) is 33.3. The van der Waals surface area contributed by atoms with E-state index < -0.39 is 73.7 Å². The van der Waals surface area contributed by atoms with Crippen molar-refractivity contribution in [2.75, 3.05) is 18.8 Å². The largest absolute Gasteiger partial charge is 0.482 e. The van der Waals surface area contributed by atoms with Gasteiger partial charge in [0.05, 0.1) is 13.6 Å². The Morgan fingerprint density at radius 3 is 2.97 bits per heavy atom. The Morgan fingerprint density at radius 2 is 2.20 bits per heavy atom. The van der Waals surface area contributed by atoms with Gasteiger partial charge in [0, 0.05) is 46.9 Å². The normalized spacial score (nSPS) is 28.4. The number of hydrogen-bond donors (Lipinski definition) is 2. The van der Waals surface area contributed by atoms with Gasteiger partial charge in [0.25, 0.3) is 0 Å². The second kappa shape index (κ2) is 8.44. The van der Waals surface area contributed by atoms with E-state index in [0.717, 1.165) is 10.7 Å². The molecule has 6 nitrogen and oxygen atoms in total. The topological polar surface area (TPSA) is 78.0 Å². The molecule has 0 amide bonds. The zero-order valence-corrected chi connectivity index (χ0v) is 15.7. The van der Waals surface area contributed by atoms with E-state index in [-0.39, 0.29) is 30.0 Å². The highest BCUT2D eigenvalue weighted by Gasteiger charge is 2.19. The number of nitrogen functional groups attached to an aromatic ring is 1. The predicted octanol–water partition coefficient (Wildman–Crippen LogP) is 4.35. The first kappa shape index (κ1) is 9.47. The monoisotopic (exact) mass is 423 g/mol. The van der Waals surface area contributed by atoms with Crippen LogP contribution in [0.3, 0.4) is 0 Å². The maximum absolute atomic E-state index is 15.0. The lowest BCUT2D eigenvalue weighted by Gasteiger charge is -2.22. The summed E-state index contributed by atoms with van der Waals surface area (Å²) in [4.78, 5) is 3.97. The van der Waals surface area contributed by atoms with Crippen molar-refractivity contribution in [3.05, 3.63) is 59.3 Å². The van der Waals surface area contributed by atoms with Gasteiger partial charge in [-0.15, -0.1) is 0 Å². The molecule has 1 fully saturated rings. The molecule has 3 N–H and O–H groups in total. The molecule has 3 aromatic rings. The molecule has 7 heteroatoms. The summed E-state index contributed by atoms with van der Waals surface area (Å²) in [6, 6.07) is 0.0827. The van der Waals surface area contributed by atoms with Crippen LogP contribution in [0.15, 0.2) is 36.8 Å². The standard InChI is InChI=1S/C23H28FN5O/c1-14-4-5-20(24)15(2)22(14)16(3)30-21-10-17(11-27-23(21)25)18-12-28-29(13-18)19-6-8-26-9-7-19/h4-5,10-13,16,19,26H,6-9H2,1-3H3,(H2,25,27)/t16-/m1/s1/i1D3,2D3,3D3,6D2,7D2,19D. The minimum atomic E-state index is -3.27. The third-order valence-electron chi connectivity index (χ3n) is 4.49. The third kappa shape index (κ3) is 4.03. The second-order valence-electron chi connectivity index (χ2n) is 6.47. The SMILES string of the molecule is [2H]C([2H])([2H])c1ccc(F)c(C([2H])([2H])[2H])c1[C@H](Oc1cc(-c2cnn(C3([2H])C([2H])([2H])CNCC3([2H])[2H])c2)cnc1N)C([2H])([2H])[2H]. The fourth-order valence-electron chi connectivity index (χ4n) is 2.93. The summed E-state index contributed by atoms with van der Waals surface area (Å²) >= 11 is 0. The van der Waals surface area contributed by atoms with Gasteiger partial charge in [-0.3, -0.25) is 4.68 Å². The Balaban J connectivity index is 1.84. The van der Waals surface area contributed by atoms with Crippen LogP contribution in [0.4, 0.5) is 10.2 Å². The van der Waals surface area contributed by atoms with Gasteiger partial charge in [0.15, 0.2) is 11.6 Å². The van der Waals surface area contributed by atoms with Crippen molar-refractivity contribution in [1.29, 1.82) is 0 Å². The molecule has 158 valence electrons. The quantitative estimate of drug-likeness (QED) is 0.638. The van der Waals surface area contributed by atoms with E-state index in [9.17, 15) is 4.39 Å². The van der Waals surface area contributed by atoms with Crippen molar-refractivity contribution < 1.29 is 28.3 Å². The van der Waals surface area contributed by atoms with Crippen LogP contribution in [0, 0.1) is 19.5 Å². The van der Waals surface area contributed by atoms with Crippen LogP contribution < -0.4 is 15.8 Å². The van der Waals surface area contributed by atoms with Crippen molar-refractivity contribution in [2.24, 2.45) is 0 Å². The van der Waals surface area contributed by atoms with Gasteiger partial charge < -0.3 is 15.8 Å². The van der Waals surface area contributed by atoms with Crippen molar-refractivity contribution in [2.45, 2.75) is 45.4 Å². The number of halogens is 1. The Labute approximate surface area is 195 Å². The highest BCUT2D eigenvalue weighted by molar-refractivity contribution is 5.66. The molecule has 0 radical (unpaired) electrons. The first-order valence-corrected chi connectivity index (χ1v) is 8.93. The summed E-state index contributed by atoms with van der Waals surface area (Å²) in [5.74, 6) is -2.19. The molecule has 1 atom stereocenters. The van der Waals surface area contributed by atoms with Gasteiger partial charge in [-0.25, -0.2) is 9.37 Å². The van der Waals surface area contributed by atoms with Gasteiger partial charge in [0.1, 0.15) is 11.9 Å². The summed E-state index contributed by atoms with van der Waals surface area (Å²) in [6.45, 7) is -10.2. The Kier molecular flexibility index (Phi) is 2.66. The molecular weight excluding hydrogens is 381 g/mol. The molecule has 1 aliphatic heterocycles. The number of nitrogens with two attached hydrogens (primary N) is 1. The van der Waals surface area contributed by atoms with E-state index in [1.165, 1.54) is 24.7 Å². The number of nitrogens with one attached hydrogen (secondary N) is 1. The number of anilines is 1. The van der Waals surface area contributed by atoms with Gasteiger partial charge in [-0.1, -0.05) is 6.07 Å². The number of rotatable bonds is 5. The maximum Gasteiger partial charge on any atom is 0.166 e.